The fourth-order valence-corrected chi connectivity index (χ4v) is 2.52. The van der Waals surface area contributed by atoms with Crippen LogP contribution in [0, 0.1) is 5.82 Å². The van der Waals surface area contributed by atoms with Gasteiger partial charge in [-0.25, -0.2) is 19.2 Å². The van der Waals surface area contributed by atoms with Gasteiger partial charge in [-0.15, -0.1) is 0 Å². The monoisotopic (exact) mass is 329 g/mol. The third kappa shape index (κ3) is 3.69. The van der Waals surface area contributed by atoms with Crippen molar-refractivity contribution in [2.24, 2.45) is 0 Å². The second-order valence-electron chi connectivity index (χ2n) is 6.82. The van der Waals surface area contributed by atoms with E-state index in [1.165, 1.54) is 12.1 Å². The molecule has 0 unspecified atom stereocenters. The highest BCUT2D eigenvalue weighted by Crippen LogP contribution is 2.22. The Hall–Kier alpha value is -2.50. The summed E-state index contributed by atoms with van der Waals surface area (Å²) in [5, 5.41) is 0. The van der Waals surface area contributed by atoms with E-state index in [1.54, 1.807) is 23.2 Å². The molecule has 2 aromatic rings. The Morgan fingerprint density at radius 2 is 1.96 bits per heavy atom. The lowest BCUT2D eigenvalue weighted by Gasteiger charge is -2.30. The van der Waals surface area contributed by atoms with Crippen LogP contribution < -0.4 is 0 Å². The van der Waals surface area contributed by atoms with E-state index >= 15 is 0 Å². The maximum atomic E-state index is 13.1. The van der Waals surface area contributed by atoms with Gasteiger partial charge in [-0.1, -0.05) is 0 Å². The minimum Gasteiger partial charge on any atom is -0.444 e. The highest BCUT2D eigenvalue weighted by Gasteiger charge is 2.26. The van der Waals surface area contributed by atoms with E-state index < -0.39 is 5.60 Å². The lowest BCUT2D eigenvalue weighted by atomic mass is 10.1. The molecule has 0 aliphatic carbocycles. The molecule has 1 amide bonds. The summed E-state index contributed by atoms with van der Waals surface area (Å²) < 4.78 is 18.5. The summed E-state index contributed by atoms with van der Waals surface area (Å²) in [6, 6.07) is 6.05. The van der Waals surface area contributed by atoms with Crippen molar-refractivity contribution in [3.8, 4) is 11.4 Å². The highest BCUT2D eigenvalue weighted by atomic mass is 19.1. The molecule has 0 saturated carbocycles. The van der Waals surface area contributed by atoms with Crippen molar-refractivity contribution in [2.75, 3.05) is 6.54 Å². The average Bonchev–Trinajstić information content (AvgIpc) is 2.53. The van der Waals surface area contributed by atoms with Crippen molar-refractivity contribution in [1.82, 2.24) is 14.9 Å². The Bertz CT molecular complexity index is 754. The summed E-state index contributed by atoms with van der Waals surface area (Å²) in [5.41, 5.74) is 2.05. The van der Waals surface area contributed by atoms with Crippen LogP contribution in [-0.4, -0.2) is 33.1 Å². The van der Waals surface area contributed by atoms with Crippen molar-refractivity contribution >= 4 is 6.09 Å². The first-order chi connectivity index (χ1) is 11.3. The minimum atomic E-state index is -0.525. The van der Waals surface area contributed by atoms with Crippen molar-refractivity contribution in [2.45, 2.75) is 39.3 Å². The van der Waals surface area contributed by atoms with E-state index in [2.05, 4.69) is 9.97 Å². The van der Waals surface area contributed by atoms with Crippen LogP contribution in [0.4, 0.5) is 9.18 Å². The quantitative estimate of drug-likeness (QED) is 0.802. The molecule has 2 heterocycles. The number of ether oxygens (including phenoxy) is 1. The fraction of sp³-hybridized carbons (Fsp3) is 0.389. The number of carbonyl (C=O) groups excluding carboxylic acids is 1. The molecule has 0 spiro atoms. The molecule has 126 valence electrons. The third-order valence-electron chi connectivity index (χ3n) is 3.70. The number of nitrogens with zero attached hydrogens (tertiary/aromatic N) is 3. The van der Waals surface area contributed by atoms with E-state index in [0.717, 1.165) is 16.8 Å². The molecule has 5 nitrogen and oxygen atoms in total. The van der Waals surface area contributed by atoms with Gasteiger partial charge in [-0.05, 0) is 57.0 Å². The summed E-state index contributed by atoms with van der Waals surface area (Å²) >= 11 is 0. The summed E-state index contributed by atoms with van der Waals surface area (Å²) in [5.74, 6) is 0.229. The van der Waals surface area contributed by atoms with Crippen molar-refractivity contribution in [3.05, 3.63) is 47.5 Å². The minimum absolute atomic E-state index is 0.298. The van der Waals surface area contributed by atoms with Gasteiger partial charge in [0.1, 0.15) is 11.4 Å². The molecule has 0 radical (unpaired) electrons. The largest absolute Gasteiger partial charge is 0.444 e. The molecule has 24 heavy (non-hydrogen) atoms. The maximum absolute atomic E-state index is 13.1. The molecule has 0 atom stereocenters. The van der Waals surface area contributed by atoms with Gasteiger partial charge in [0.2, 0.25) is 0 Å². The molecule has 1 aromatic carbocycles. The number of amides is 1. The van der Waals surface area contributed by atoms with Crippen LogP contribution in [0.5, 0.6) is 0 Å². The summed E-state index contributed by atoms with van der Waals surface area (Å²) in [4.78, 5) is 22.8. The summed E-state index contributed by atoms with van der Waals surface area (Å²) in [6.45, 7) is 6.51. The van der Waals surface area contributed by atoms with Gasteiger partial charge < -0.3 is 9.64 Å². The number of aromatic nitrogens is 2. The van der Waals surface area contributed by atoms with Gasteiger partial charge >= 0.3 is 6.09 Å². The van der Waals surface area contributed by atoms with Crippen molar-refractivity contribution in [1.29, 1.82) is 0 Å². The second kappa shape index (κ2) is 6.19. The fourth-order valence-electron chi connectivity index (χ4n) is 2.52. The molecule has 0 fully saturated rings. The van der Waals surface area contributed by atoms with E-state index in [0.29, 0.717) is 25.3 Å². The van der Waals surface area contributed by atoms with Gasteiger partial charge in [-0.3, -0.25) is 0 Å². The molecule has 1 aliphatic heterocycles. The SMILES string of the molecule is CC(C)(C)OC(=O)N1CCc2cnc(-c3ccc(F)cc3)nc2C1. The Morgan fingerprint density at radius 3 is 2.62 bits per heavy atom. The predicted molar refractivity (Wildman–Crippen MR) is 87.8 cm³/mol. The van der Waals surface area contributed by atoms with Crippen LogP contribution in [0.15, 0.2) is 30.5 Å². The Labute approximate surface area is 140 Å². The molecular weight excluding hydrogens is 309 g/mol. The normalized spacial score (nSPS) is 14.2. The zero-order valence-electron chi connectivity index (χ0n) is 14.0. The molecule has 1 aromatic heterocycles. The number of benzene rings is 1. The van der Waals surface area contributed by atoms with E-state index in [4.69, 9.17) is 4.74 Å². The molecule has 0 bridgehead atoms. The zero-order chi connectivity index (χ0) is 17.3. The molecule has 0 saturated heterocycles. The smallest absolute Gasteiger partial charge is 0.410 e. The first-order valence-corrected chi connectivity index (χ1v) is 7.90. The Morgan fingerprint density at radius 1 is 1.25 bits per heavy atom. The Balaban J connectivity index is 1.81. The molecule has 1 aliphatic rings. The van der Waals surface area contributed by atoms with Gasteiger partial charge in [0.15, 0.2) is 5.82 Å². The van der Waals surface area contributed by atoms with Gasteiger partial charge in [0.05, 0.1) is 12.2 Å². The number of halogens is 1. The maximum Gasteiger partial charge on any atom is 0.410 e. The average molecular weight is 329 g/mol. The summed E-state index contributed by atoms with van der Waals surface area (Å²) in [7, 11) is 0. The van der Waals surface area contributed by atoms with E-state index in [1.807, 2.05) is 20.8 Å². The van der Waals surface area contributed by atoms with Crippen LogP contribution in [-0.2, 0) is 17.7 Å². The summed E-state index contributed by atoms with van der Waals surface area (Å²) in [6.07, 6.45) is 2.14. The van der Waals surface area contributed by atoms with Crippen molar-refractivity contribution in [3.63, 3.8) is 0 Å². The molecule has 3 rings (SSSR count). The number of rotatable bonds is 1. The number of hydrogen-bond donors (Lipinski definition) is 0. The molecule has 6 heteroatoms. The Kier molecular flexibility index (Phi) is 4.22. The van der Waals surface area contributed by atoms with Crippen LogP contribution >= 0.6 is 0 Å². The van der Waals surface area contributed by atoms with Crippen LogP contribution in [0.3, 0.4) is 0 Å². The number of hydrogen-bond acceptors (Lipinski definition) is 4. The first-order valence-electron chi connectivity index (χ1n) is 7.90. The lowest BCUT2D eigenvalue weighted by Crippen LogP contribution is -2.40. The number of carbonyl (C=O) groups is 1. The highest BCUT2D eigenvalue weighted by molar-refractivity contribution is 5.68. The molecular formula is C18H20FN3O2. The van der Waals surface area contributed by atoms with Crippen LogP contribution in [0.2, 0.25) is 0 Å². The van der Waals surface area contributed by atoms with Gasteiger partial charge in [-0.2, -0.15) is 0 Å². The van der Waals surface area contributed by atoms with Crippen LogP contribution in [0.25, 0.3) is 11.4 Å². The van der Waals surface area contributed by atoms with Gasteiger partial charge in [0, 0.05) is 18.3 Å². The van der Waals surface area contributed by atoms with E-state index in [-0.39, 0.29) is 11.9 Å². The van der Waals surface area contributed by atoms with Crippen LogP contribution in [0.1, 0.15) is 32.0 Å². The standard InChI is InChI=1S/C18H20FN3O2/c1-18(2,3)24-17(23)22-9-8-13-10-20-16(21-15(13)11-22)12-4-6-14(19)7-5-12/h4-7,10H,8-9,11H2,1-3H3. The number of fused-ring (bicyclic) bond motifs is 1. The second-order valence-corrected chi connectivity index (χ2v) is 6.82. The third-order valence-corrected chi connectivity index (χ3v) is 3.70. The molecule has 0 N–H and O–H groups in total. The first kappa shape index (κ1) is 16.4. The van der Waals surface area contributed by atoms with Gasteiger partial charge in [0.25, 0.3) is 0 Å². The predicted octanol–water partition coefficient (Wildman–Crippen LogP) is 3.58. The lowest BCUT2D eigenvalue weighted by molar-refractivity contribution is 0.0220. The topological polar surface area (TPSA) is 55.3 Å². The van der Waals surface area contributed by atoms with Crippen molar-refractivity contribution < 1.29 is 13.9 Å². The van der Waals surface area contributed by atoms with E-state index in [9.17, 15) is 9.18 Å². The zero-order valence-corrected chi connectivity index (χ0v) is 14.0.